The summed E-state index contributed by atoms with van der Waals surface area (Å²) in [5, 5.41) is 0.649. The molecule has 0 aliphatic heterocycles. The Morgan fingerprint density at radius 3 is 1.59 bits per heavy atom. The summed E-state index contributed by atoms with van der Waals surface area (Å²) in [5.74, 6) is -1.21. The first kappa shape index (κ1) is 43.5. The summed E-state index contributed by atoms with van der Waals surface area (Å²) in [6.45, 7) is 5.03. The van der Waals surface area contributed by atoms with Crippen molar-refractivity contribution in [2.45, 2.75) is 58.7 Å². The molecule has 0 N–H and O–H groups in total. The second-order valence-corrected chi connectivity index (χ2v) is 15.7. The zero-order chi connectivity index (χ0) is 44.9. The maximum absolute atomic E-state index is 14.0. The molecule has 0 spiro atoms. The number of para-hydroxylation sites is 5. The van der Waals surface area contributed by atoms with Crippen LogP contribution in [0.2, 0.25) is 5.02 Å². The van der Waals surface area contributed by atoms with Crippen molar-refractivity contribution in [1.82, 2.24) is 28.7 Å². The minimum atomic E-state index is -0.488. The maximum Gasteiger partial charge on any atom is 0.277 e. The summed E-state index contributed by atoms with van der Waals surface area (Å²) < 4.78 is 45.2. The van der Waals surface area contributed by atoms with E-state index in [1.165, 1.54) is 47.0 Å². The standard InChI is InChI=1S/C18H17ClN2O.C17H13FN2O.C16H12F2N2O/c1-2-3-12-21-16-7-5-4-6-15(16)20-17(18(21)22)13-8-10-14(19)11-9-13;18-12-7-5-11(6-8-12)16-17(21)20(13-9-10-13)15-4-2-1-3-14(15)19-16;1-2-20-13-5-3-4-12(18)15(13)19-14(16(20)21)10-6-8-11(17)9-7-10/h4-11H,2-3,12H2,1H3;1-8,13H,9-10H2;3-9H,2H2,1H3. The fourth-order valence-electron chi connectivity index (χ4n) is 7.51. The lowest BCUT2D eigenvalue weighted by Gasteiger charge is -2.12. The highest BCUT2D eigenvalue weighted by Crippen LogP contribution is 2.36. The second kappa shape index (κ2) is 19.1. The average Bonchev–Trinajstić information content (AvgIpc) is 4.15. The highest BCUT2D eigenvalue weighted by molar-refractivity contribution is 6.30. The molecule has 10 rings (SSSR count). The van der Waals surface area contributed by atoms with E-state index in [4.69, 9.17) is 11.6 Å². The van der Waals surface area contributed by atoms with Crippen LogP contribution in [0, 0.1) is 17.5 Å². The largest absolute Gasteiger partial charge is 0.305 e. The van der Waals surface area contributed by atoms with Gasteiger partial charge in [-0.15, -0.1) is 0 Å². The predicted molar refractivity (Wildman–Crippen MR) is 248 cm³/mol. The highest BCUT2D eigenvalue weighted by Gasteiger charge is 2.28. The zero-order valence-electron chi connectivity index (χ0n) is 35.0. The van der Waals surface area contributed by atoms with Crippen molar-refractivity contribution in [1.29, 1.82) is 0 Å². The van der Waals surface area contributed by atoms with Crippen LogP contribution in [0.1, 0.15) is 45.6 Å². The van der Waals surface area contributed by atoms with Crippen molar-refractivity contribution < 1.29 is 13.2 Å². The van der Waals surface area contributed by atoms with E-state index >= 15 is 0 Å². The molecule has 322 valence electrons. The minimum Gasteiger partial charge on any atom is -0.305 e. The van der Waals surface area contributed by atoms with Crippen LogP contribution in [0.25, 0.3) is 66.9 Å². The molecule has 6 aromatic carbocycles. The Labute approximate surface area is 370 Å². The Bertz CT molecular complexity index is 3310. The van der Waals surface area contributed by atoms with Gasteiger partial charge in [0.25, 0.3) is 16.7 Å². The van der Waals surface area contributed by atoms with Gasteiger partial charge >= 0.3 is 0 Å². The van der Waals surface area contributed by atoms with Crippen LogP contribution in [0.5, 0.6) is 0 Å². The number of halogens is 4. The van der Waals surface area contributed by atoms with E-state index in [-0.39, 0.29) is 39.7 Å². The minimum absolute atomic E-state index is 0.0468. The van der Waals surface area contributed by atoms with E-state index in [0.29, 0.717) is 46.1 Å². The molecule has 0 amide bonds. The van der Waals surface area contributed by atoms with Gasteiger partial charge in [-0.25, -0.2) is 28.1 Å². The Kier molecular flexibility index (Phi) is 12.9. The molecule has 0 radical (unpaired) electrons. The van der Waals surface area contributed by atoms with Gasteiger partial charge in [-0.3, -0.25) is 14.4 Å². The van der Waals surface area contributed by atoms with Gasteiger partial charge in [0.1, 0.15) is 34.2 Å². The van der Waals surface area contributed by atoms with E-state index in [0.717, 1.165) is 53.3 Å². The first-order valence-electron chi connectivity index (χ1n) is 21.0. The number of hydrogen-bond donors (Lipinski definition) is 0. The number of benzene rings is 6. The molecule has 0 unspecified atom stereocenters. The molecule has 1 fully saturated rings. The normalized spacial score (nSPS) is 12.2. The zero-order valence-corrected chi connectivity index (χ0v) is 35.8. The van der Waals surface area contributed by atoms with Gasteiger partial charge in [0.05, 0.1) is 27.6 Å². The Hall–Kier alpha value is -7.18. The van der Waals surface area contributed by atoms with Crippen molar-refractivity contribution in [3.63, 3.8) is 0 Å². The highest BCUT2D eigenvalue weighted by atomic mass is 35.5. The lowest BCUT2D eigenvalue weighted by molar-refractivity contribution is 0.627. The molecular weight excluding hydrogens is 837 g/mol. The van der Waals surface area contributed by atoms with Crippen molar-refractivity contribution >= 4 is 44.7 Å². The smallest absolute Gasteiger partial charge is 0.277 e. The van der Waals surface area contributed by atoms with E-state index in [1.54, 1.807) is 43.3 Å². The maximum atomic E-state index is 14.0. The van der Waals surface area contributed by atoms with Crippen LogP contribution in [0.4, 0.5) is 13.2 Å². The molecule has 9 aromatic rings. The third kappa shape index (κ3) is 9.14. The van der Waals surface area contributed by atoms with Crippen molar-refractivity contribution in [3.05, 3.63) is 193 Å². The lowest BCUT2D eigenvalue weighted by Crippen LogP contribution is -2.23. The van der Waals surface area contributed by atoms with E-state index in [2.05, 4.69) is 21.9 Å². The molecule has 9 nitrogen and oxygen atoms in total. The number of aromatic nitrogens is 6. The summed E-state index contributed by atoms with van der Waals surface area (Å²) >= 11 is 5.93. The Morgan fingerprint density at radius 2 is 1.03 bits per heavy atom. The molecule has 13 heteroatoms. The number of aryl methyl sites for hydroxylation is 2. The number of hydrogen-bond acceptors (Lipinski definition) is 6. The molecular formula is C51H42ClF3N6O3. The van der Waals surface area contributed by atoms with E-state index < -0.39 is 11.6 Å². The molecule has 64 heavy (non-hydrogen) atoms. The van der Waals surface area contributed by atoms with Crippen LogP contribution >= 0.6 is 11.6 Å². The monoisotopic (exact) mass is 878 g/mol. The van der Waals surface area contributed by atoms with Gasteiger partial charge in [0, 0.05) is 40.8 Å². The molecule has 3 aromatic heterocycles. The average molecular weight is 879 g/mol. The SMILES string of the molecule is CCCCn1c(=O)c(-c2ccc(Cl)cc2)nc2ccccc21.CCn1c(=O)c(-c2ccc(F)cc2)nc2c(F)cccc21.O=c1c(-c2ccc(F)cc2)nc2ccccc2n1C1CC1. The second-order valence-electron chi connectivity index (χ2n) is 15.3. The third-order valence-electron chi connectivity index (χ3n) is 10.9. The molecule has 1 aliphatic rings. The van der Waals surface area contributed by atoms with Crippen molar-refractivity contribution in [2.75, 3.05) is 0 Å². The third-order valence-corrected chi connectivity index (χ3v) is 11.1. The first-order chi connectivity index (χ1) is 31.1. The number of nitrogens with zero attached hydrogens (tertiary/aromatic N) is 6. The predicted octanol–water partition coefficient (Wildman–Crippen LogP) is 11.4. The Morgan fingerprint density at radius 1 is 0.547 bits per heavy atom. The summed E-state index contributed by atoms with van der Waals surface area (Å²) in [4.78, 5) is 51.3. The van der Waals surface area contributed by atoms with Gasteiger partial charge in [-0.1, -0.05) is 67.4 Å². The molecule has 1 saturated carbocycles. The number of unbranched alkanes of at least 4 members (excludes halogenated alkanes) is 1. The summed E-state index contributed by atoms with van der Waals surface area (Å²) in [7, 11) is 0. The van der Waals surface area contributed by atoms with Crippen molar-refractivity contribution in [2.24, 2.45) is 0 Å². The van der Waals surface area contributed by atoms with E-state index in [9.17, 15) is 27.6 Å². The lowest BCUT2D eigenvalue weighted by atomic mass is 10.1. The number of fused-ring (bicyclic) bond motifs is 3. The molecule has 0 bridgehead atoms. The topological polar surface area (TPSA) is 105 Å². The van der Waals surface area contributed by atoms with Gasteiger partial charge < -0.3 is 13.7 Å². The van der Waals surface area contributed by atoms with Crippen molar-refractivity contribution in [3.8, 4) is 33.8 Å². The van der Waals surface area contributed by atoms with Crippen LogP contribution in [0.15, 0.2) is 154 Å². The van der Waals surface area contributed by atoms with Gasteiger partial charge in [0.2, 0.25) is 0 Å². The molecule has 0 atom stereocenters. The molecule has 0 saturated heterocycles. The summed E-state index contributed by atoms with van der Waals surface area (Å²) in [6, 6.07) is 38.8. The summed E-state index contributed by atoms with van der Waals surface area (Å²) in [5.41, 5.74) is 6.43. The van der Waals surface area contributed by atoms with Gasteiger partial charge in [-0.05, 0) is 123 Å². The first-order valence-corrected chi connectivity index (χ1v) is 21.4. The van der Waals surface area contributed by atoms with E-state index in [1.807, 2.05) is 69.8 Å². The van der Waals surface area contributed by atoms with Crippen LogP contribution in [0.3, 0.4) is 0 Å². The number of rotatable bonds is 8. The van der Waals surface area contributed by atoms with Gasteiger partial charge in [-0.2, -0.15) is 0 Å². The van der Waals surface area contributed by atoms with Crippen LogP contribution in [-0.2, 0) is 13.1 Å². The fraction of sp³-hybridized carbons (Fsp3) is 0.176. The van der Waals surface area contributed by atoms with Crippen LogP contribution < -0.4 is 16.7 Å². The quantitative estimate of drug-likeness (QED) is 0.151. The van der Waals surface area contributed by atoms with Crippen LogP contribution in [-0.4, -0.2) is 28.7 Å². The summed E-state index contributed by atoms with van der Waals surface area (Å²) in [6.07, 6.45) is 4.06. The van der Waals surface area contributed by atoms with Gasteiger partial charge in [0.15, 0.2) is 5.82 Å². The Balaban J connectivity index is 0.000000131. The molecule has 3 heterocycles. The fourth-order valence-corrected chi connectivity index (χ4v) is 7.64. The molecule has 1 aliphatic carbocycles.